The summed E-state index contributed by atoms with van der Waals surface area (Å²) in [5.74, 6) is -2.79. The number of rotatable bonds is 26. The lowest BCUT2D eigenvalue weighted by atomic mass is 9.84. The molecular weight excluding hydrogens is 1340 g/mol. The van der Waals surface area contributed by atoms with E-state index in [9.17, 15) is 81.1 Å². The number of aromatic hydroxyl groups is 2. The Bertz CT molecular complexity index is 3200. The van der Waals surface area contributed by atoms with E-state index in [1.807, 2.05) is 0 Å². The maximum absolute atomic E-state index is 13.2. The van der Waals surface area contributed by atoms with Crippen molar-refractivity contribution >= 4 is 24.1 Å². The standard InChI is InChI=1S/C66H82O34/c1-83-35-15-27(7-11-33(35)69)9-13-45(71)89-25-43-61(99-63-53(79)49(75)47(73)41(21-67)93-63)51(77)55(81)65(95-43)97-59-37(85-3)17-29(18-38(59)86-4)57-31-23-92-58(32(31)24-91-57)30-19-39(87-5)60(40(20-30)88-6)98-66-56(82)52(78)62(100-64-54(80)50(76)48(74)42(22-68)94-64)44(96-66)26-90-46(72)14-10-28-8-12-34(70)36(16-28)84-2/h7-20,31-32,41-44,47-58,61-70,73-82H,21-26H2,1-6H3/b13-9+,14-10+/t31-,32-,41+,42+,43+,44+,47+,48+,49-,50-,51+,52+,53+,54+,55+,56+,57+,58+,61+,62+,63-,64-,65-,66-/m0/s1. The highest BCUT2D eigenvalue weighted by molar-refractivity contribution is 5.87. The molecule has 6 aliphatic rings. The number of phenols is 2. The van der Waals surface area contributed by atoms with E-state index in [2.05, 4.69) is 0 Å². The van der Waals surface area contributed by atoms with Gasteiger partial charge in [-0.25, -0.2) is 9.59 Å². The van der Waals surface area contributed by atoms with E-state index in [0.29, 0.717) is 22.3 Å². The number of esters is 2. The number of aliphatic hydroxyl groups excluding tert-OH is 12. The van der Waals surface area contributed by atoms with Crippen molar-refractivity contribution in [2.45, 2.75) is 135 Å². The quantitative estimate of drug-likeness (QED) is 0.0233. The lowest BCUT2D eigenvalue weighted by molar-refractivity contribution is -0.352. The van der Waals surface area contributed by atoms with Crippen LogP contribution < -0.4 is 37.9 Å². The second-order valence-corrected chi connectivity index (χ2v) is 24.0. The van der Waals surface area contributed by atoms with Crippen molar-refractivity contribution in [1.29, 1.82) is 0 Å². The molecule has 0 spiro atoms. The monoisotopic (exact) mass is 1420 g/mol. The van der Waals surface area contributed by atoms with Gasteiger partial charge in [-0.3, -0.25) is 0 Å². The number of carbonyl (C=O) groups is 2. The van der Waals surface area contributed by atoms with E-state index < -0.39 is 173 Å². The summed E-state index contributed by atoms with van der Waals surface area (Å²) in [6.07, 6.45) is -32.6. The molecule has 0 saturated carbocycles. The summed E-state index contributed by atoms with van der Waals surface area (Å²) in [5.41, 5.74) is 1.91. The summed E-state index contributed by atoms with van der Waals surface area (Å²) in [4.78, 5) is 26.4. The van der Waals surface area contributed by atoms with Gasteiger partial charge in [-0.2, -0.15) is 0 Å². The number of phenolic OH excluding ortho intramolecular Hbond substituents is 2. The fourth-order valence-electron chi connectivity index (χ4n) is 12.5. The summed E-state index contributed by atoms with van der Waals surface area (Å²) >= 11 is 0. The van der Waals surface area contributed by atoms with Crippen molar-refractivity contribution in [3.05, 3.63) is 95.1 Å². The Morgan fingerprint density at radius 2 is 0.750 bits per heavy atom. The number of methoxy groups -OCH3 is 6. The Hall–Kier alpha value is -7.50. The molecule has 34 nitrogen and oxygen atoms in total. The van der Waals surface area contributed by atoms with Crippen LogP contribution in [0.5, 0.6) is 57.5 Å². The first-order valence-corrected chi connectivity index (χ1v) is 31.5. The molecule has 0 radical (unpaired) electrons. The average molecular weight is 1420 g/mol. The SMILES string of the molecule is COc1cc(/C=C/C(=O)OC[C@H]2O[C@@H](Oc3c(OC)cc([C@H]4OC[C@H]5[C@@H]4CO[C@@H]5c4cc(OC)c(O[C@@H]5O[C@H](COC(=O)/C=C/c6ccc(O)c(OC)c6)[C@@H](O[C@@H]6O[C@H](CO)[C@@H](O)[C@H](O)[C@H]6O)[C@H](O)[C@H]5O)c(OC)c4)cc3OC)[C@H](O)[C@@H](O)[C@@H]2O[C@@H]2O[C@H](CO)[C@@H](O)[C@H](O)[C@H]2O)ccc1O. The predicted molar refractivity (Wildman–Crippen MR) is 333 cm³/mol. The molecule has 0 aliphatic carbocycles. The molecule has 6 aliphatic heterocycles. The summed E-state index contributed by atoms with van der Waals surface area (Å²) in [5, 5.41) is 150. The molecule has 0 unspecified atom stereocenters. The van der Waals surface area contributed by atoms with Gasteiger partial charge in [0.25, 0.3) is 0 Å². The van der Waals surface area contributed by atoms with Gasteiger partial charge in [0, 0.05) is 24.0 Å². The smallest absolute Gasteiger partial charge is 0.330 e. The lowest BCUT2D eigenvalue weighted by Gasteiger charge is -2.46. The van der Waals surface area contributed by atoms with Gasteiger partial charge in [-0.1, -0.05) is 12.1 Å². The van der Waals surface area contributed by atoms with Crippen LogP contribution >= 0.6 is 0 Å². The van der Waals surface area contributed by atoms with Gasteiger partial charge in [-0.05, 0) is 82.9 Å². The molecule has 550 valence electrons. The number of hydrogen-bond acceptors (Lipinski definition) is 34. The van der Waals surface area contributed by atoms with Gasteiger partial charge < -0.3 is 157 Å². The van der Waals surface area contributed by atoms with E-state index in [1.54, 1.807) is 24.3 Å². The molecule has 24 atom stereocenters. The molecule has 6 heterocycles. The van der Waals surface area contributed by atoms with E-state index in [-0.39, 0.29) is 82.5 Å². The molecule has 34 heteroatoms. The van der Waals surface area contributed by atoms with E-state index in [1.165, 1.54) is 91.2 Å². The Morgan fingerprint density at radius 1 is 0.420 bits per heavy atom. The number of benzene rings is 4. The van der Waals surface area contributed by atoms with Crippen LogP contribution in [0.2, 0.25) is 0 Å². The molecule has 4 aromatic rings. The minimum absolute atomic E-state index is 0.0236. The topological polar surface area (TPSA) is 484 Å². The van der Waals surface area contributed by atoms with Gasteiger partial charge in [-0.15, -0.1) is 0 Å². The van der Waals surface area contributed by atoms with Gasteiger partial charge in [0.1, 0.15) is 111 Å². The third-order valence-electron chi connectivity index (χ3n) is 17.9. The summed E-state index contributed by atoms with van der Waals surface area (Å²) in [7, 11) is 7.99. The second-order valence-electron chi connectivity index (χ2n) is 24.0. The lowest BCUT2D eigenvalue weighted by Crippen LogP contribution is -2.65. The van der Waals surface area contributed by atoms with Crippen molar-refractivity contribution in [1.82, 2.24) is 0 Å². The third-order valence-corrected chi connectivity index (χ3v) is 17.9. The molecule has 6 fully saturated rings. The number of aliphatic hydroxyl groups is 12. The first-order chi connectivity index (χ1) is 48.0. The van der Waals surface area contributed by atoms with Gasteiger partial charge in [0.05, 0.1) is 81.3 Å². The molecule has 10 rings (SSSR count). The number of carbonyl (C=O) groups excluding carboxylic acids is 2. The van der Waals surface area contributed by atoms with Crippen molar-refractivity contribution in [3.8, 4) is 57.5 Å². The minimum atomic E-state index is -2.00. The second kappa shape index (κ2) is 33.1. The number of hydrogen-bond donors (Lipinski definition) is 14. The average Bonchev–Trinajstić information content (AvgIpc) is 1.60. The van der Waals surface area contributed by atoms with Crippen LogP contribution in [0.4, 0.5) is 0 Å². The molecule has 14 N–H and O–H groups in total. The van der Waals surface area contributed by atoms with Crippen molar-refractivity contribution in [2.75, 3.05) is 82.3 Å². The number of ether oxygens (including phenoxy) is 18. The maximum atomic E-state index is 13.2. The molecule has 0 amide bonds. The zero-order valence-electron chi connectivity index (χ0n) is 54.6. The predicted octanol–water partition coefficient (Wildman–Crippen LogP) is -2.24. The highest BCUT2D eigenvalue weighted by atomic mass is 16.8. The summed E-state index contributed by atoms with van der Waals surface area (Å²) < 4.78 is 105. The molecule has 4 aromatic carbocycles. The van der Waals surface area contributed by atoms with E-state index in [4.69, 9.17) is 85.3 Å². The van der Waals surface area contributed by atoms with Crippen LogP contribution in [0, 0.1) is 11.8 Å². The highest BCUT2D eigenvalue weighted by Gasteiger charge is 2.55. The van der Waals surface area contributed by atoms with Crippen LogP contribution in [-0.4, -0.2) is 289 Å². The van der Waals surface area contributed by atoms with E-state index in [0.717, 1.165) is 12.2 Å². The molecule has 6 saturated heterocycles. The fourth-order valence-corrected chi connectivity index (χ4v) is 12.5. The molecule has 0 aromatic heterocycles. The van der Waals surface area contributed by atoms with Crippen LogP contribution in [0.3, 0.4) is 0 Å². The zero-order chi connectivity index (χ0) is 72.0. The third kappa shape index (κ3) is 16.1. The first kappa shape index (κ1) is 75.2. The van der Waals surface area contributed by atoms with Gasteiger partial charge >= 0.3 is 11.9 Å². The van der Waals surface area contributed by atoms with Crippen LogP contribution in [0.25, 0.3) is 12.2 Å². The van der Waals surface area contributed by atoms with Gasteiger partial charge in [0.2, 0.25) is 24.1 Å². The number of fused-ring (bicyclic) bond motifs is 1. The van der Waals surface area contributed by atoms with Crippen molar-refractivity contribution < 1.29 is 166 Å². The van der Waals surface area contributed by atoms with Crippen LogP contribution in [-0.2, 0) is 57.0 Å². The Balaban J connectivity index is 0.848. The van der Waals surface area contributed by atoms with Gasteiger partial charge in [0.15, 0.2) is 58.6 Å². The largest absolute Gasteiger partial charge is 0.504 e. The molecule has 100 heavy (non-hydrogen) atoms. The van der Waals surface area contributed by atoms with Crippen molar-refractivity contribution in [2.24, 2.45) is 11.8 Å². The highest BCUT2D eigenvalue weighted by Crippen LogP contribution is 2.54. The zero-order valence-corrected chi connectivity index (χ0v) is 54.6. The molecular formula is C66H82O34. The van der Waals surface area contributed by atoms with Crippen LogP contribution in [0.15, 0.2) is 72.8 Å². The van der Waals surface area contributed by atoms with Crippen molar-refractivity contribution in [3.63, 3.8) is 0 Å². The maximum Gasteiger partial charge on any atom is 0.330 e. The minimum Gasteiger partial charge on any atom is -0.504 e. The fraction of sp³-hybridized carbons (Fsp3) is 0.545. The first-order valence-electron chi connectivity index (χ1n) is 31.5. The Kier molecular flexibility index (Phi) is 24.9. The normalized spacial score (nSPS) is 34.3. The Labute approximate surface area is 570 Å². The van der Waals surface area contributed by atoms with E-state index >= 15 is 0 Å². The Morgan fingerprint density at radius 3 is 1.08 bits per heavy atom. The summed E-state index contributed by atoms with van der Waals surface area (Å²) in [6, 6.07) is 15.0. The molecule has 0 bridgehead atoms. The van der Waals surface area contributed by atoms with Crippen LogP contribution in [0.1, 0.15) is 34.5 Å². The summed E-state index contributed by atoms with van der Waals surface area (Å²) in [6.45, 7) is -2.78.